The summed E-state index contributed by atoms with van der Waals surface area (Å²) < 4.78 is 0. The molecule has 5 heteroatoms. The van der Waals surface area contributed by atoms with Crippen LogP contribution in [0.4, 0.5) is 4.79 Å². The van der Waals surface area contributed by atoms with E-state index in [9.17, 15) is 9.59 Å². The number of nitrogens with one attached hydrogen (secondary N) is 2. The van der Waals surface area contributed by atoms with Gasteiger partial charge in [0.25, 0.3) is 0 Å². The standard InChI is InChI=1S/C13H18N2O3/c1-9-3-5-11(6-4-9)8-15-13(18)14-7-10(2)12(16)17/h3-6,10H,7-8H2,1-2H3,(H,16,17)(H2,14,15,18). The number of benzene rings is 1. The van der Waals surface area contributed by atoms with Crippen molar-refractivity contribution >= 4 is 12.0 Å². The Morgan fingerprint density at radius 3 is 2.39 bits per heavy atom. The Kier molecular flexibility index (Phi) is 5.17. The number of rotatable bonds is 5. The lowest BCUT2D eigenvalue weighted by atomic mass is 10.1. The van der Waals surface area contributed by atoms with Crippen molar-refractivity contribution in [3.8, 4) is 0 Å². The summed E-state index contributed by atoms with van der Waals surface area (Å²) in [6.45, 7) is 4.09. The number of carbonyl (C=O) groups excluding carboxylic acids is 1. The van der Waals surface area contributed by atoms with Crippen molar-refractivity contribution in [2.45, 2.75) is 20.4 Å². The Bertz CT molecular complexity index is 415. The summed E-state index contributed by atoms with van der Waals surface area (Å²) in [6.07, 6.45) is 0. The summed E-state index contributed by atoms with van der Waals surface area (Å²) in [5, 5.41) is 13.8. The molecule has 98 valence electrons. The van der Waals surface area contributed by atoms with Crippen molar-refractivity contribution in [2.24, 2.45) is 5.92 Å². The molecule has 0 saturated heterocycles. The Labute approximate surface area is 106 Å². The molecule has 0 fully saturated rings. The summed E-state index contributed by atoms with van der Waals surface area (Å²) >= 11 is 0. The fourth-order valence-corrected chi connectivity index (χ4v) is 1.28. The molecule has 0 bridgehead atoms. The highest BCUT2D eigenvalue weighted by molar-refractivity contribution is 5.75. The van der Waals surface area contributed by atoms with Gasteiger partial charge in [0.05, 0.1) is 5.92 Å². The molecule has 0 radical (unpaired) electrons. The van der Waals surface area contributed by atoms with Crippen LogP contribution in [0.15, 0.2) is 24.3 Å². The molecule has 5 nitrogen and oxygen atoms in total. The van der Waals surface area contributed by atoms with Gasteiger partial charge in [0.1, 0.15) is 0 Å². The van der Waals surface area contributed by atoms with Gasteiger partial charge >= 0.3 is 12.0 Å². The second-order valence-corrected chi connectivity index (χ2v) is 4.29. The van der Waals surface area contributed by atoms with Crippen LogP contribution in [0.25, 0.3) is 0 Å². The molecule has 1 atom stereocenters. The van der Waals surface area contributed by atoms with Crippen LogP contribution in [0, 0.1) is 12.8 Å². The fourth-order valence-electron chi connectivity index (χ4n) is 1.28. The maximum absolute atomic E-state index is 11.4. The Hall–Kier alpha value is -2.04. The van der Waals surface area contributed by atoms with E-state index in [2.05, 4.69) is 10.6 Å². The highest BCUT2D eigenvalue weighted by atomic mass is 16.4. The van der Waals surface area contributed by atoms with Crippen LogP contribution in [0.2, 0.25) is 0 Å². The van der Waals surface area contributed by atoms with Gasteiger partial charge in [-0.2, -0.15) is 0 Å². The van der Waals surface area contributed by atoms with Crippen LogP contribution in [0.1, 0.15) is 18.1 Å². The van der Waals surface area contributed by atoms with E-state index in [1.54, 1.807) is 6.92 Å². The molecular weight excluding hydrogens is 232 g/mol. The van der Waals surface area contributed by atoms with Crippen molar-refractivity contribution < 1.29 is 14.7 Å². The zero-order valence-corrected chi connectivity index (χ0v) is 10.6. The molecule has 3 N–H and O–H groups in total. The van der Waals surface area contributed by atoms with Gasteiger partial charge in [-0.05, 0) is 12.5 Å². The molecular formula is C13H18N2O3. The number of aliphatic carboxylic acids is 1. The molecule has 0 aliphatic rings. The summed E-state index contributed by atoms with van der Waals surface area (Å²) in [5.41, 5.74) is 2.17. The first kappa shape index (κ1) is 14.0. The summed E-state index contributed by atoms with van der Waals surface area (Å²) in [7, 11) is 0. The number of hydrogen-bond acceptors (Lipinski definition) is 2. The molecule has 1 aromatic rings. The van der Waals surface area contributed by atoms with Gasteiger partial charge in [-0.3, -0.25) is 4.79 Å². The quantitative estimate of drug-likeness (QED) is 0.741. The second-order valence-electron chi connectivity index (χ2n) is 4.29. The number of amides is 2. The van der Waals surface area contributed by atoms with Crippen LogP contribution in [-0.4, -0.2) is 23.7 Å². The minimum atomic E-state index is -0.922. The van der Waals surface area contributed by atoms with Crippen molar-refractivity contribution in [1.82, 2.24) is 10.6 Å². The third-order valence-corrected chi connectivity index (χ3v) is 2.56. The molecule has 2 amide bonds. The van der Waals surface area contributed by atoms with Crippen LogP contribution in [0.5, 0.6) is 0 Å². The molecule has 1 rings (SSSR count). The molecule has 0 aromatic heterocycles. The number of carboxylic acids is 1. The highest BCUT2D eigenvalue weighted by Crippen LogP contribution is 2.02. The predicted molar refractivity (Wildman–Crippen MR) is 68.2 cm³/mol. The zero-order valence-electron chi connectivity index (χ0n) is 10.6. The van der Waals surface area contributed by atoms with Gasteiger partial charge in [0, 0.05) is 13.1 Å². The molecule has 1 aromatic carbocycles. The Morgan fingerprint density at radius 2 is 1.83 bits per heavy atom. The summed E-state index contributed by atoms with van der Waals surface area (Å²) in [5.74, 6) is -1.51. The summed E-state index contributed by atoms with van der Waals surface area (Å²) in [6, 6.07) is 7.47. The number of hydrogen-bond donors (Lipinski definition) is 3. The lowest BCUT2D eigenvalue weighted by molar-refractivity contribution is -0.140. The first-order valence-corrected chi connectivity index (χ1v) is 5.79. The maximum Gasteiger partial charge on any atom is 0.315 e. The van der Waals surface area contributed by atoms with E-state index in [0.29, 0.717) is 6.54 Å². The maximum atomic E-state index is 11.4. The lowest BCUT2D eigenvalue weighted by Crippen LogP contribution is -2.38. The topological polar surface area (TPSA) is 78.4 Å². The minimum Gasteiger partial charge on any atom is -0.481 e. The van der Waals surface area contributed by atoms with Gasteiger partial charge < -0.3 is 15.7 Å². The molecule has 0 spiro atoms. The zero-order chi connectivity index (χ0) is 13.5. The van der Waals surface area contributed by atoms with E-state index in [1.807, 2.05) is 31.2 Å². The Morgan fingerprint density at radius 1 is 1.22 bits per heavy atom. The first-order chi connectivity index (χ1) is 8.49. The highest BCUT2D eigenvalue weighted by Gasteiger charge is 2.11. The molecule has 0 aliphatic carbocycles. The van der Waals surface area contributed by atoms with Crippen molar-refractivity contribution in [3.63, 3.8) is 0 Å². The summed E-state index contributed by atoms with van der Waals surface area (Å²) in [4.78, 5) is 21.9. The largest absolute Gasteiger partial charge is 0.481 e. The second kappa shape index (κ2) is 6.64. The first-order valence-electron chi connectivity index (χ1n) is 5.79. The SMILES string of the molecule is Cc1ccc(CNC(=O)NCC(C)C(=O)O)cc1. The van der Waals surface area contributed by atoms with E-state index >= 15 is 0 Å². The van der Waals surface area contributed by atoms with E-state index in [4.69, 9.17) is 5.11 Å². The molecule has 0 aliphatic heterocycles. The molecule has 1 unspecified atom stereocenters. The Balaban J connectivity index is 2.29. The van der Waals surface area contributed by atoms with E-state index in [1.165, 1.54) is 5.56 Å². The van der Waals surface area contributed by atoms with E-state index < -0.39 is 11.9 Å². The van der Waals surface area contributed by atoms with E-state index in [-0.39, 0.29) is 12.6 Å². The lowest BCUT2D eigenvalue weighted by Gasteiger charge is -2.10. The third-order valence-electron chi connectivity index (χ3n) is 2.56. The monoisotopic (exact) mass is 250 g/mol. The van der Waals surface area contributed by atoms with Gasteiger partial charge in [0.2, 0.25) is 0 Å². The van der Waals surface area contributed by atoms with Crippen LogP contribution in [-0.2, 0) is 11.3 Å². The van der Waals surface area contributed by atoms with Crippen LogP contribution in [0.3, 0.4) is 0 Å². The smallest absolute Gasteiger partial charge is 0.315 e. The van der Waals surface area contributed by atoms with E-state index in [0.717, 1.165) is 5.56 Å². The van der Waals surface area contributed by atoms with Crippen molar-refractivity contribution in [2.75, 3.05) is 6.54 Å². The van der Waals surface area contributed by atoms with Crippen LogP contribution >= 0.6 is 0 Å². The van der Waals surface area contributed by atoms with Crippen molar-refractivity contribution in [3.05, 3.63) is 35.4 Å². The molecule has 0 saturated carbocycles. The average molecular weight is 250 g/mol. The number of urea groups is 1. The van der Waals surface area contributed by atoms with Gasteiger partial charge in [-0.1, -0.05) is 36.8 Å². The van der Waals surface area contributed by atoms with Gasteiger partial charge in [-0.25, -0.2) is 4.79 Å². The number of carbonyl (C=O) groups is 2. The number of aryl methyl sites for hydroxylation is 1. The average Bonchev–Trinajstić information content (AvgIpc) is 2.35. The fraction of sp³-hybridized carbons (Fsp3) is 0.385. The molecule has 0 heterocycles. The molecule has 18 heavy (non-hydrogen) atoms. The minimum absolute atomic E-state index is 0.120. The van der Waals surface area contributed by atoms with Crippen LogP contribution < -0.4 is 10.6 Å². The predicted octanol–water partition coefficient (Wildman–Crippen LogP) is 1.51. The van der Waals surface area contributed by atoms with Gasteiger partial charge in [0.15, 0.2) is 0 Å². The van der Waals surface area contributed by atoms with Gasteiger partial charge in [-0.15, -0.1) is 0 Å². The number of carboxylic acid groups (broad SMARTS) is 1. The normalized spacial score (nSPS) is 11.7. The third kappa shape index (κ3) is 4.86. The van der Waals surface area contributed by atoms with Crippen molar-refractivity contribution in [1.29, 1.82) is 0 Å².